The van der Waals surface area contributed by atoms with Crippen molar-refractivity contribution in [1.82, 2.24) is 0 Å². The van der Waals surface area contributed by atoms with Gasteiger partial charge in [0, 0.05) is 16.0 Å². The third-order valence-corrected chi connectivity index (χ3v) is 4.74. The fourth-order valence-electron chi connectivity index (χ4n) is 1.70. The van der Waals surface area contributed by atoms with Crippen LogP contribution >= 0.6 is 23.1 Å². The normalized spacial score (nSPS) is 12.6. The third-order valence-electron chi connectivity index (χ3n) is 2.63. The van der Waals surface area contributed by atoms with E-state index in [0.29, 0.717) is 4.88 Å². The summed E-state index contributed by atoms with van der Waals surface area (Å²) in [5.74, 6) is 1.44. The van der Waals surface area contributed by atoms with Crippen LogP contribution < -0.4 is 9.47 Å². The molecule has 1 aliphatic heterocycles. The standard InChI is InChI=1S/C13H10O4S2/c14-13(15)12-4-9(6-19-12)18-5-8-1-2-10-11(3-8)17-7-16-10/h1-4,6H,5,7H2,(H,14,15). The Kier molecular flexibility index (Phi) is 3.35. The van der Waals surface area contributed by atoms with E-state index in [1.54, 1.807) is 17.8 Å². The van der Waals surface area contributed by atoms with Crippen LogP contribution in [-0.4, -0.2) is 17.9 Å². The molecule has 0 radical (unpaired) electrons. The Bertz CT molecular complexity index is 621. The Hall–Kier alpha value is -1.66. The molecule has 2 aromatic rings. The van der Waals surface area contributed by atoms with Crippen molar-refractivity contribution in [2.24, 2.45) is 0 Å². The number of carbonyl (C=O) groups is 1. The van der Waals surface area contributed by atoms with E-state index in [4.69, 9.17) is 14.6 Å². The summed E-state index contributed by atoms with van der Waals surface area (Å²) >= 11 is 2.86. The van der Waals surface area contributed by atoms with E-state index in [1.807, 2.05) is 23.6 Å². The minimum atomic E-state index is -0.875. The van der Waals surface area contributed by atoms with E-state index in [2.05, 4.69) is 0 Å². The number of benzene rings is 1. The molecule has 3 rings (SSSR count). The fourth-order valence-corrected chi connectivity index (χ4v) is 3.52. The maximum absolute atomic E-state index is 10.8. The smallest absolute Gasteiger partial charge is 0.345 e. The number of ether oxygens (including phenoxy) is 2. The molecule has 6 heteroatoms. The molecule has 0 aliphatic carbocycles. The maximum Gasteiger partial charge on any atom is 0.345 e. The van der Waals surface area contributed by atoms with E-state index in [9.17, 15) is 4.79 Å². The first-order valence-corrected chi connectivity index (χ1v) is 7.42. The third kappa shape index (κ3) is 2.69. The van der Waals surface area contributed by atoms with Gasteiger partial charge in [0.2, 0.25) is 6.79 Å². The number of hydrogen-bond acceptors (Lipinski definition) is 5. The van der Waals surface area contributed by atoms with Gasteiger partial charge in [-0.05, 0) is 23.8 Å². The zero-order chi connectivity index (χ0) is 13.2. The molecule has 0 saturated carbocycles. The van der Waals surface area contributed by atoms with Gasteiger partial charge in [-0.15, -0.1) is 23.1 Å². The van der Waals surface area contributed by atoms with Gasteiger partial charge in [-0.3, -0.25) is 0 Å². The zero-order valence-electron chi connectivity index (χ0n) is 9.79. The Labute approximate surface area is 118 Å². The topological polar surface area (TPSA) is 55.8 Å². The Morgan fingerprint density at radius 1 is 1.32 bits per heavy atom. The van der Waals surface area contributed by atoms with E-state index >= 15 is 0 Å². The molecule has 1 aromatic carbocycles. The molecule has 1 aromatic heterocycles. The van der Waals surface area contributed by atoms with Crippen molar-refractivity contribution in [3.05, 3.63) is 40.1 Å². The first kappa shape index (κ1) is 12.4. The van der Waals surface area contributed by atoms with Gasteiger partial charge in [0.25, 0.3) is 0 Å². The van der Waals surface area contributed by atoms with Crippen molar-refractivity contribution in [3.8, 4) is 11.5 Å². The molecule has 0 atom stereocenters. The SMILES string of the molecule is O=C(O)c1cc(SCc2ccc3c(c2)OCO3)cs1. The van der Waals surface area contributed by atoms with Crippen molar-refractivity contribution in [2.45, 2.75) is 10.6 Å². The highest BCUT2D eigenvalue weighted by atomic mass is 32.2. The lowest BCUT2D eigenvalue weighted by Gasteiger charge is -2.01. The lowest BCUT2D eigenvalue weighted by molar-refractivity contribution is 0.0702. The highest BCUT2D eigenvalue weighted by Crippen LogP contribution is 2.35. The quantitative estimate of drug-likeness (QED) is 0.875. The second kappa shape index (κ2) is 5.14. The van der Waals surface area contributed by atoms with Gasteiger partial charge in [0.05, 0.1) is 0 Å². The van der Waals surface area contributed by atoms with Gasteiger partial charge in [0.15, 0.2) is 11.5 Å². The van der Waals surface area contributed by atoms with Gasteiger partial charge in [-0.2, -0.15) is 0 Å². The van der Waals surface area contributed by atoms with Gasteiger partial charge in [-0.25, -0.2) is 4.79 Å². The van der Waals surface area contributed by atoms with E-state index in [1.165, 1.54) is 11.3 Å². The number of thioether (sulfide) groups is 1. The van der Waals surface area contributed by atoms with E-state index in [-0.39, 0.29) is 6.79 Å². The Balaban J connectivity index is 1.67. The van der Waals surface area contributed by atoms with Crippen molar-refractivity contribution in [2.75, 3.05) is 6.79 Å². The highest BCUT2D eigenvalue weighted by molar-refractivity contribution is 7.98. The molecule has 0 fully saturated rings. The number of rotatable bonds is 4. The van der Waals surface area contributed by atoms with Crippen LogP contribution in [0.2, 0.25) is 0 Å². The van der Waals surface area contributed by atoms with Crippen molar-refractivity contribution >= 4 is 29.1 Å². The molecule has 0 spiro atoms. The summed E-state index contributed by atoms with van der Waals surface area (Å²) in [7, 11) is 0. The highest BCUT2D eigenvalue weighted by Gasteiger charge is 2.13. The largest absolute Gasteiger partial charge is 0.477 e. The van der Waals surface area contributed by atoms with Gasteiger partial charge < -0.3 is 14.6 Å². The second-order valence-corrected chi connectivity index (χ2v) is 5.89. The minimum absolute atomic E-state index is 0.276. The summed E-state index contributed by atoms with van der Waals surface area (Å²) in [4.78, 5) is 12.1. The molecule has 1 N–H and O–H groups in total. The average molecular weight is 294 g/mol. The van der Waals surface area contributed by atoms with E-state index < -0.39 is 5.97 Å². The predicted octanol–water partition coefficient (Wildman–Crippen LogP) is 3.47. The van der Waals surface area contributed by atoms with Crippen LogP contribution in [0.4, 0.5) is 0 Å². The summed E-state index contributed by atoms with van der Waals surface area (Å²) in [5.41, 5.74) is 1.12. The average Bonchev–Trinajstić information content (AvgIpc) is 3.04. The fraction of sp³-hybridized carbons (Fsp3) is 0.154. The monoisotopic (exact) mass is 294 g/mol. The van der Waals surface area contributed by atoms with Crippen LogP contribution in [0.3, 0.4) is 0 Å². The molecule has 0 amide bonds. The minimum Gasteiger partial charge on any atom is -0.477 e. The van der Waals surface area contributed by atoms with E-state index in [0.717, 1.165) is 27.7 Å². The number of fused-ring (bicyclic) bond motifs is 1. The Morgan fingerprint density at radius 3 is 2.95 bits per heavy atom. The predicted molar refractivity (Wildman–Crippen MR) is 73.4 cm³/mol. The summed E-state index contributed by atoms with van der Waals surface area (Å²) in [6.45, 7) is 0.276. The molecule has 0 unspecified atom stereocenters. The van der Waals surface area contributed by atoms with Gasteiger partial charge in [0.1, 0.15) is 4.88 Å². The number of thiophene rings is 1. The van der Waals surface area contributed by atoms with Crippen LogP contribution in [0.25, 0.3) is 0 Å². The molecular formula is C13H10O4S2. The second-order valence-electron chi connectivity index (χ2n) is 3.93. The van der Waals surface area contributed by atoms with Crippen LogP contribution in [0.15, 0.2) is 34.5 Å². The molecular weight excluding hydrogens is 284 g/mol. The molecule has 2 heterocycles. The first-order valence-electron chi connectivity index (χ1n) is 5.55. The maximum atomic E-state index is 10.8. The summed E-state index contributed by atoms with van der Waals surface area (Å²) in [6.07, 6.45) is 0. The van der Waals surface area contributed by atoms with Gasteiger partial charge in [-0.1, -0.05) is 6.07 Å². The lowest BCUT2D eigenvalue weighted by Crippen LogP contribution is -1.92. The summed E-state index contributed by atoms with van der Waals surface area (Å²) < 4.78 is 10.6. The lowest BCUT2D eigenvalue weighted by atomic mass is 10.2. The number of carboxylic acids is 1. The molecule has 0 saturated heterocycles. The molecule has 1 aliphatic rings. The number of carboxylic acid groups (broad SMARTS) is 1. The zero-order valence-corrected chi connectivity index (χ0v) is 11.4. The summed E-state index contributed by atoms with van der Waals surface area (Å²) in [6, 6.07) is 7.55. The van der Waals surface area contributed by atoms with Crippen molar-refractivity contribution in [3.63, 3.8) is 0 Å². The van der Waals surface area contributed by atoms with Crippen LogP contribution in [-0.2, 0) is 5.75 Å². The first-order chi connectivity index (χ1) is 9.22. The van der Waals surface area contributed by atoms with Crippen LogP contribution in [0, 0.1) is 0 Å². The van der Waals surface area contributed by atoms with Gasteiger partial charge >= 0.3 is 5.97 Å². The van der Waals surface area contributed by atoms with Crippen molar-refractivity contribution < 1.29 is 19.4 Å². The van der Waals surface area contributed by atoms with Crippen LogP contribution in [0.5, 0.6) is 11.5 Å². The Morgan fingerprint density at radius 2 is 2.16 bits per heavy atom. The molecule has 4 nitrogen and oxygen atoms in total. The molecule has 98 valence electrons. The summed E-state index contributed by atoms with van der Waals surface area (Å²) in [5, 5.41) is 10.7. The molecule has 0 bridgehead atoms. The number of hydrogen-bond donors (Lipinski definition) is 1. The van der Waals surface area contributed by atoms with Crippen LogP contribution in [0.1, 0.15) is 15.2 Å². The van der Waals surface area contributed by atoms with Crippen molar-refractivity contribution in [1.29, 1.82) is 0 Å². The molecule has 19 heavy (non-hydrogen) atoms. The number of aromatic carboxylic acids is 1.